The number of nitrogens with one attached hydrogen (secondary N) is 1. The van der Waals surface area contributed by atoms with E-state index >= 15 is 0 Å². The Bertz CT molecular complexity index is 689. The van der Waals surface area contributed by atoms with Gasteiger partial charge < -0.3 is 10.4 Å². The van der Waals surface area contributed by atoms with Gasteiger partial charge in [-0.25, -0.2) is 9.78 Å². The second-order valence-electron chi connectivity index (χ2n) is 5.35. The largest absolute Gasteiger partial charge is 0.477 e. The van der Waals surface area contributed by atoms with Gasteiger partial charge in [-0.2, -0.15) is 0 Å². The number of likely N-dealkylation sites (N-methyl/N-ethyl adjacent to an activating group) is 1. The number of nitrogens with zero attached hydrogens (tertiary/aromatic N) is 2. The molecule has 1 atom stereocenters. The SMILES string of the molecule is CCN(CC)C(CNc1cccc(C(=O)O)n1)c1ccccc1Cl. The molecule has 0 radical (unpaired) electrons. The molecule has 0 saturated heterocycles. The summed E-state index contributed by atoms with van der Waals surface area (Å²) in [4.78, 5) is 17.5. The molecule has 5 nitrogen and oxygen atoms in total. The highest BCUT2D eigenvalue weighted by atomic mass is 35.5. The number of carboxylic acid groups (broad SMARTS) is 1. The van der Waals surface area contributed by atoms with E-state index in [4.69, 9.17) is 16.7 Å². The highest BCUT2D eigenvalue weighted by molar-refractivity contribution is 6.31. The Labute approximate surface area is 147 Å². The molecule has 128 valence electrons. The van der Waals surface area contributed by atoms with Crippen LogP contribution in [-0.4, -0.2) is 40.6 Å². The minimum atomic E-state index is -1.04. The molecular weight excluding hydrogens is 326 g/mol. The first-order valence-electron chi connectivity index (χ1n) is 7.99. The summed E-state index contributed by atoms with van der Waals surface area (Å²) >= 11 is 6.38. The monoisotopic (exact) mass is 347 g/mol. The number of carbonyl (C=O) groups is 1. The van der Waals surface area contributed by atoms with Crippen LogP contribution in [0.2, 0.25) is 5.02 Å². The van der Waals surface area contributed by atoms with Gasteiger partial charge in [0.2, 0.25) is 0 Å². The zero-order valence-electron chi connectivity index (χ0n) is 13.9. The van der Waals surface area contributed by atoms with Gasteiger partial charge in [0, 0.05) is 11.6 Å². The molecule has 0 spiro atoms. The molecule has 1 heterocycles. The van der Waals surface area contributed by atoms with Crippen LogP contribution >= 0.6 is 11.6 Å². The van der Waals surface area contributed by atoms with Crippen LogP contribution in [0.4, 0.5) is 5.82 Å². The van der Waals surface area contributed by atoms with E-state index in [1.54, 1.807) is 12.1 Å². The number of carboxylic acids is 1. The van der Waals surface area contributed by atoms with E-state index in [9.17, 15) is 4.79 Å². The number of hydrogen-bond acceptors (Lipinski definition) is 4. The van der Waals surface area contributed by atoms with Gasteiger partial charge >= 0.3 is 5.97 Å². The predicted molar refractivity (Wildman–Crippen MR) is 96.8 cm³/mol. The van der Waals surface area contributed by atoms with Gasteiger partial charge in [-0.15, -0.1) is 0 Å². The standard InChI is InChI=1S/C18H22ClN3O2/c1-3-22(4-2)16(13-8-5-6-9-14(13)19)12-20-17-11-7-10-15(21-17)18(23)24/h5-11,16H,3-4,12H2,1-2H3,(H,20,21)(H,23,24). The zero-order chi connectivity index (χ0) is 17.5. The lowest BCUT2D eigenvalue weighted by molar-refractivity contribution is 0.0690. The summed E-state index contributed by atoms with van der Waals surface area (Å²) < 4.78 is 0. The zero-order valence-corrected chi connectivity index (χ0v) is 14.6. The molecule has 0 aliphatic rings. The molecular formula is C18H22ClN3O2. The molecule has 2 rings (SSSR count). The quantitative estimate of drug-likeness (QED) is 0.757. The number of pyridine rings is 1. The van der Waals surface area contributed by atoms with Crippen LogP contribution in [0, 0.1) is 0 Å². The molecule has 0 fully saturated rings. The fourth-order valence-electron chi connectivity index (χ4n) is 2.70. The van der Waals surface area contributed by atoms with Crippen molar-refractivity contribution < 1.29 is 9.90 Å². The first-order valence-corrected chi connectivity index (χ1v) is 8.37. The van der Waals surface area contributed by atoms with Gasteiger partial charge in [-0.1, -0.05) is 49.7 Å². The van der Waals surface area contributed by atoms with E-state index in [0.29, 0.717) is 12.4 Å². The fourth-order valence-corrected chi connectivity index (χ4v) is 2.96. The normalized spacial score (nSPS) is 12.2. The number of anilines is 1. The fraction of sp³-hybridized carbons (Fsp3) is 0.333. The minimum absolute atomic E-state index is 0.0251. The molecule has 0 bridgehead atoms. The third-order valence-corrected chi connectivity index (χ3v) is 4.31. The van der Waals surface area contributed by atoms with Gasteiger partial charge in [-0.3, -0.25) is 4.90 Å². The van der Waals surface area contributed by atoms with Crippen molar-refractivity contribution in [2.24, 2.45) is 0 Å². The van der Waals surface area contributed by atoms with Gasteiger partial charge in [0.05, 0.1) is 6.04 Å². The van der Waals surface area contributed by atoms with Crippen LogP contribution in [0.5, 0.6) is 0 Å². The first kappa shape index (κ1) is 18.2. The second kappa shape index (κ2) is 8.66. The molecule has 24 heavy (non-hydrogen) atoms. The van der Waals surface area contributed by atoms with Crippen molar-refractivity contribution >= 4 is 23.4 Å². The van der Waals surface area contributed by atoms with Gasteiger partial charge in [0.1, 0.15) is 5.82 Å². The summed E-state index contributed by atoms with van der Waals surface area (Å²) in [6, 6.07) is 12.8. The Hall–Kier alpha value is -2.11. The maximum atomic E-state index is 11.0. The topological polar surface area (TPSA) is 65.5 Å². The molecule has 1 aromatic heterocycles. The van der Waals surface area contributed by atoms with Crippen molar-refractivity contribution in [2.45, 2.75) is 19.9 Å². The Balaban J connectivity index is 2.21. The van der Waals surface area contributed by atoms with Crippen LogP contribution in [0.1, 0.15) is 35.9 Å². The average Bonchev–Trinajstić information content (AvgIpc) is 2.59. The number of rotatable bonds is 8. The molecule has 2 N–H and O–H groups in total. The van der Waals surface area contributed by atoms with Crippen molar-refractivity contribution in [1.82, 2.24) is 9.88 Å². The molecule has 6 heteroatoms. The highest BCUT2D eigenvalue weighted by Crippen LogP contribution is 2.27. The summed E-state index contributed by atoms with van der Waals surface area (Å²) in [5.74, 6) is -0.496. The maximum absolute atomic E-state index is 11.0. The number of halogens is 1. The molecule has 0 aliphatic carbocycles. The predicted octanol–water partition coefficient (Wildman–Crippen LogP) is 3.93. The molecule has 1 aromatic carbocycles. The van der Waals surface area contributed by atoms with Crippen molar-refractivity contribution in [1.29, 1.82) is 0 Å². The van der Waals surface area contributed by atoms with Crippen LogP contribution in [0.25, 0.3) is 0 Å². The molecule has 0 aliphatic heterocycles. The minimum Gasteiger partial charge on any atom is -0.477 e. The lowest BCUT2D eigenvalue weighted by atomic mass is 10.0. The van der Waals surface area contributed by atoms with Crippen LogP contribution in [0.3, 0.4) is 0 Å². The first-order chi connectivity index (χ1) is 11.6. The number of aromatic nitrogens is 1. The van der Waals surface area contributed by atoms with Gasteiger partial charge in [0.25, 0.3) is 0 Å². The van der Waals surface area contributed by atoms with Crippen molar-refractivity contribution in [3.05, 3.63) is 58.7 Å². The van der Waals surface area contributed by atoms with E-state index in [0.717, 1.165) is 23.7 Å². The van der Waals surface area contributed by atoms with E-state index in [2.05, 4.69) is 29.0 Å². The Morgan fingerprint density at radius 1 is 1.21 bits per heavy atom. The van der Waals surface area contributed by atoms with Crippen LogP contribution in [0.15, 0.2) is 42.5 Å². The second-order valence-corrected chi connectivity index (χ2v) is 5.76. The molecule has 0 amide bonds. The molecule has 2 aromatic rings. The third kappa shape index (κ3) is 4.46. The van der Waals surface area contributed by atoms with E-state index in [1.807, 2.05) is 24.3 Å². The van der Waals surface area contributed by atoms with Crippen molar-refractivity contribution in [3.8, 4) is 0 Å². The van der Waals surface area contributed by atoms with E-state index in [1.165, 1.54) is 6.07 Å². The van der Waals surface area contributed by atoms with Gasteiger partial charge in [-0.05, 0) is 36.9 Å². The lowest BCUT2D eigenvalue weighted by Gasteiger charge is -2.31. The van der Waals surface area contributed by atoms with E-state index in [-0.39, 0.29) is 11.7 Å². The van der Waals surface area contributed by atoms with Crippen LogP contribution < -0.4 is 5.32 Å². The molecule has 0 saturated carbocycles. The summed E-state index contributed by atoms with van der Waals surface area (Å²) in [6.07, 6.45) is 0. The lowest BCUT2D eigenvalue weighted by Crippen LogP contribution is -2.33. The summed E-state index contributed by atoms with van der Waals surface area (Å²) in [7, 11) is 0. The Morgan fingerprint density at radius 2 is 1.92 bits per heavy atom. The Kier molecular flexibility index (Phi) is 6.58. The highest BCUT2D eigenvalue weighted by Gasteiger charge is 2.20. The molecule has 1 unspecified atom stereocenters. The van der Waals surface area contributed by atoms with Crippen molar-refractivity contribution in [3.63, 3.8) is 0 Å². The summed E-state index contributed by atoms with van der Waals surface area (Å²) in [5, 5.41) is 13.0. The Morgan fingerprint density at radius 3 is 2.54 bits per heavy atom. The summed E-state index contributed by atoms with van der Waals surface area (Å²) in [5.41, 5.74) is 1.07. The van der Waals surface area contributed by atoms with Crippen molar-refractivity contribution in [2.75, 3.05) is 25.0 Å². The van der Waals surface area contributed by atoms with E-state index < -0.39 is 5.97 Å². The average molecular weight is 348 g/mol. The third-order valence-electron chi connectivity index (χ3n) is 3.96. The number of benzene rings is 1. The number of aromatic carboxylic acids is 1. The van der Waals surface area contributed by atoms with Gasteiger partial charge in [0.15, 0.2) is 5.69 Å². The maximum Gasteiger partial charge on any atom is 0.354 e. The van der Waals surface area contributed by atoms with Crippen LogP contribution in [-0.2, 0) is 0 Å². The smallest absolute Gasteiger partial charge is 0.354 e. The number of hydrogen-bond donors (Lipinski definition) is 2. The summed E-state index contributed by atoms with van der Waals surface area (Å²) in [6.45, 7) is 6.57.